The summed E-state index contributed by atoms with van der Waals surface area (Å²) in [6.07, 6.45) is 6.56. The Morgan fingerprint density at radius 3 is 2.48 bits per heavy atom. The second kappa shape index (κ2) is 4.99. The van der Waals surface area contributed by atoms with Gasteiger partial charge in [-0.2, -0.15) is 0 Å². The van der Waals surface area contributed by atoms with Crippen molar-refractivity contribution >= 4 is 38.9 Å². The molecule has 3 aromatic rings. The minimum absolute atomic E-state index is 1.22. The average molecular weight is 299 g/mol. The lowest BCUT2D eigenvalue weighted by molar-refractivity contribution is 1.34. The number of hydrogen-bond donors (Lipinski definition) is 1. The van der Waals surface area contributed by atoms with Crippen LogP contribution >= 0.6 is 0 Å². The van der Waals surface area contributed by atoms with E-state index in [0.29, 0.717) is 0 Å². The van der Waals surface area contributed by atoms with Crippen LogP contribution in [0.5, 0.6) is 0 Å². The van der Waals surface area contributed by atoms with Gasteiger partial charge in [-0.15, -0.1) is 0 Å². The number of H-pyrrole nitrogens is 1. The Morgan fingerprint density at radius 2 is 1.74 bits per heavy atom. The van der Waals surface area contributed by atoms with E-state index in [1.807, 2.05) is 0 Å². The number of hydrogen-bond acceptors (Lipinski definition) is 0. The Bertz CT molecular complexity index is 1130. The molecule has 1 aliphatic carbocycles. The predicted octanol–water partition coefficient (Wildman–Crippen LogP) is 4.66. The molecule has 0 aliphatic heterocycles. The molecule has 0 amide bonds. The second-order valence-electron chi connectivity index (χ2n) is 6.26. The first kappa shape index (κ1) is 14.1. The third kappa shape index (κ3) is 1.80. The summed E-state index contributed by atoms with van der Waals surface area (Å²) in [5.74, 6) is 0. The van der Waals surface area contributed by atoms with E-state index >= 15 is 0 Å². The summed E-state index contributed by atoms with van der Waals surface area (Å²) in [4.78, 5) is 3.60. The van der Waals surface area contributed by atoms with E-state index < -0.39 is 0 Å². The van der Waals surface area contributed by atoms with Gasteiger partial charge in [0.1, 0.15) is 0 Å². The van der Waals surface area contributed by atoms with Crippen LogP contribution in [0, 0.1) is 0 Å². The summed E-state index contributed by atoms with van der Waals surface area (Å²) in [5.41, 5.74) is 6.61. The number of nitrogens with one attached hydrogen (secondary N) is 1. The smallest absolute Gasteiger partial charge is 0.0471 e. The molecule has 1 N–H and O–H groups in total. The van der Waals surface area contributed by atoms with Crippen LogP contribution in [0.2, 0.25) is 0 Å². The number of aromatic amines is 1. The molecule has 1 aliphatic rings. The molecule has 0 unspecified atom stereocenters. The van der Waals surface area contributed by atoms with Gasteiger partial charge in [-0.1, -0.05) is 42.5 Å². The van der Waals surface area contributed by atoms with Crippen LogP contribution < -0.4 is 10.6 Å². The Morgan fingerprint density at radius 1 is 0.913 bits per heavy atom. The number of aromatic nitrogens is 1. The van der Waals surface area contributed by atoms with Crippen molar-refractivity contribution in [1.29, 1.82) is 0 Å². The molecule has 0 bridgehead atoms. The van der Waals surface area contributed by atoms with Gasteiger partial charge in [0, 0.05) is 21.5 Å². The van der Waals surface area contributed by atoms with Crippen molar-refractivity contribution in [2.75, 3.05) is 0 Å². The van der Waals surface area contributed by atoms with Crippen molar-refractivity contribution in [1.82, 2.24) is 4.98 Å². The zero-order valence-corrected chi connectivity index (χ0v) is 14.1. The largest absolute Gasteiger partial charge is 0.355 e. The first-order chi connectivity index (χ1) is 11.2. The minimum Gasteiger partial charge on any atom is -0.355 e. The van der Waals surface area contributed by atoms with Crippen molar-refractivity contribution in [2.24, 2.45) is 0 Å². The van der Waals surface area contributed by atoms with Gasteiger partial charge in [-0.25, -0.2) is 0 Å². The van der Waals surface area contributed by atoms with Crippen molar-refractivity contribution in [3.05, 3.63) is 64.2 Å². The molecule has 0 saturated heterocycles. The highest BCUT2D eigenvalue weighted by molar-refractivity contribution is 6.14. The second-order valence-corrected chi connectivity index (χ2v) is 6.26. The average Bonchev–Trinajstić information content (AvgIpc) is 2.92. The molecule has 0 fully saturated rings. The van der Waals surface area contributed by atoms with Crippen LogP contribution in [0.4, 0.5) is 0 Å². The molecule has 114 valence electrons. The zero-order chi connectivity index (χ0) is 16.1. The maximum Gasteiger partial charge on any atom is 0.0471 e. The summed E-state index contributed by atoms with van der Waals surface area (Å²) in [6.45, 7) is 8.69. The molecule has 1 aromatic heterocycles. The van der Waals surface area contributed by atoms with Gasteiger partial charge < -0.3 is 4.98 Å². The van der Waals surface area contributed by atoms with Gasteiger partial charge in [-0.05, 0) is 66.8 Å². The maximum absolute atomic E-state index is 3.60. The molecular formula is C22H21N. The molecule has 0 saturated carbocycles. The van der Waals surface area contributed by atoms with E-state index in [1.165, 1.54) is 54.5 Å². The van der Waals surface area contributed by atoms with Crippen molar-refractivity contribution in [3.63, 3.8) is 0 Å². The fraction of sp³-hybridized carbons (Fsp3) is 0.182. The van der Waals surface area contributed by atoms with Gasteiger partial charge in [0.15, 0.2) is 0 Å². The molecule has 1 nitrogen and oxygen atoms in total. The van der Waals surface area contributed by atoms with Crippen LogP contribution in [-0.4, -0.2) is 4.98 Å². The highest BCUT2D eigenvalue weighted by atomic mass is 14.7. The van der Waals surface area contributed by atoms with E-state index in [2.05, 4.69) is 81.2 Å². The summed E-state index contributed by atoms with van der Waals surface area (Å²) < 4.78 is 0. The van der Waals surface area contributed by atoms with E-state index in [0.717, 1.165) is 0 Å². The van der Waals surface area contributed by atoms with Gasteiger partial charge in [0.2, 0.25) is 0 Å². The molecular weight excluding hydrogens is 278 g/mol. The summed E-state index contributed by atoms with van der Waals surface area (Å²) in [5, 5.41) is 6.62. The molecule has 0 radical (unpaired) electrons. The highest BCUT2D eigenvalue weighted by Crippen LogP contribution is 2.35. The van der Waals surface area contributed by atoms with E-state index in [-0.39, 0.29) is 0 Å². The molecule has 0 spiro atoms. The molecule has 1 heteroatoms. The SMILES string of the molecule is C/C=C\C1=C(C)c2cccc3ccc4[nH]/c(=C/C)c(c4c23)=C1C. The van der Waals surface area contributed by atoms with Crippen LogP contribution in [0.3, 0.4) is 0 Å². The highest BCUT2D eigenvalue weighted by Gasteiger charge is 2.18. The number of rotatable bonds is 1. The van der Waals surface area contributed by atoms with Crippen LogP contribution in [0.25, 0.3) is 38.9 Å². The van der Waals surface area contributed by atoms with Crippen LogP contribution in [0.15, 0.2) is 48.1 Å². The molecule has 0 atom stereocenters. The maximum atomic E-state index is 3.60. The predicted molar refractivity (Wildman–Crippen MR) is 102 cm³/mol. The Balaban J connectivity index is 2.45. The van der Waals surface area contributed by atoms with Crippen molar-refractivity contribution in [3.8, 4) is 0 Å². The summed E-state index contributed by atoms with van der Waals surface area (Å²) in [6, 6.07) is 11.1. The Kier molecular flexibility index (Phi) is 3.05. The summed E-state index contributed by atoms with van der Waals surface area (Å²) >= 11 is 0. The van der Waals surface area contributed by atoms with Crippen LogP contribution in [-0.2, 0) is 0 Å². The van der Waals surface area contributed by atoms with Crippen LogP contribution in [0.1, 0.15) is 33.3 Å². The third-order valence-corrected chi connectivity index (χ3v) is 5.04. The van der Waals surface area contributed by atoms with Crippen molar-refractivity contribution < 1.29 is 0 Å². The molecule has 1 heterocycles. The fourth-order valence-electron chi connectivity index (χ4n) is 3.98. The number of benzene rings is 2. The van der Waals surface area contributed by atoms with Gasteiger partial charge >= 0.3 is 0 Å². The molecule has 4 rings (SSSR count). The van der Waals surface area contributed by atoms with Gasteiger partial charge in [-0.3, -0.25) is 0 Å². The quantitative estimate of drug-likeness (QED) is 0.673. The zero-order valence-electron chi connectivity index (χ0n) is 14.1. The number of allylic oxidation sites excluding steroid dienone is 4. The van der Waals surface area contributed by atoms with Crippen molar-refractivity contribution in [2.45, 2.75) is 27.7 Å². The standard InChI is InChI=1S/C22H21N/c1-5-8-16-13(3)17-10-7-9-15-11-12-19-22(21(15)17)20(14(16)4)18(6-2)23-19/h5-12,23H,1-4H3/b8-5-,18-6+. The van der Waals surface area contributed by atoms with E-state index in [1.54, 1.807) is 0 Å². The van der Waals surface area contributed by atoms with E-state index in [4.69, 9.17) is 0 Å². The minimum atomic E-state index is 1.22. The lowest BCUT2D eigenvalue weighted by Crippen LogP contribution is -2.24. The lowest BCUT2D eigenvalue weighted by Gasteiger charge is -2.10. The third-order valence-electron chi connectivity index (χ3n) is 5.04. The summed E-state index contributed by atoms with van der Waals surface area (Å²) in [7, 11) is 0. The van der Waals surface area contributed by atoms with E-state index in [9.17, 15) is 0 Å². The first-order valence-electron chi connectivity index (χ1n) is 8.22. The molecule has 23 heavy (non-hydrogen) atoms. The molecule has 2 aromatic carbocycles. The normalized spacial score (nSPS) is 15.7. The Hall–Kier alpha value is -2.54. The van der Waals surface area contributed by atoms with Gasteiger partial charge in [0.25, 0.3) is 0 Å². The fourth-order valence-corrected chi connectivity index (χ4v) is 3.98. The monoisotopic (exact) mass is 299 g/mol. The lowest BCUT2D eigenvalue weighted by atomic mass is 9.94. The topological polar surface area (TPSA) is 15.8 Å². The van der Waals surface area contributed by atoms with Gasteiger partial charge in [0.05, 0.1) is 0 Å². The first-order valence-corrected chi connectivity index (χ1v) is 8.22. The Labute approximate surface area is 136 Å².